The van der Waals surface area contributed by atoms with Gasteiger partial charge in [0.05, 0.1) is 12.1 Å². The van der Waals surface area contributed by atoms with Gasteiger partial charge in [-0.1, -0.05) is 18.2 Å². The highest BCUT2D eigenvalue weighted by Gasteiger charge is 2.26. The van der Waals surface area contributed by atoms with Crippen molar-refractivity contribution in [2.75, 3.05) is 32.7 Å². The predicted molar refractivity (Wildman–Crippen MR) is 100 cm³/mol. The van der Waals surface area contributed by atoms with Gasteiger partial charge >= 0.3 is 6.03 Å². The van der Waals surface area contributed by atoms with Crippen molar-refractivity contribution in [1.29, 1.82) is 0 Å². The summed E-state index contributed by atoms with van der Waals surface area (Å²) in [6.45, 7) is 5.90. The first-order chi connectivity index (χ1) is 12.9. The van der Waals surface area contributed by atoms with Gasteiger partial charge in [0.25, 0.3) is 5.91 Å². The third-order valence-corrected chi connectivity index (χ3v) is 4.37. The SMILES string of the molecule is CC(C)NC(=O)NC(=O)CN1CCN(C(=O)c2n[nH]c3ccccc23)CC1. The molecule has 0 unspecified atom stereocenters. The maximum Gasteiger partial charge on any atom is 0.321 e. The molecule has 27 heavy (non-hydrogen) atoms. The fourth-order valence-electron chi connectivity index (χ4n) is 3.05. The van der Waals surface area contributed by atoms with E-state index in [1.165, 1.54) is 0 Å². The van der Waals surface area contributed by atoms with E-state index < -0.39 is 6.03 Å². The molecule has 0 radical (unpaired) electrons. The summed E-state index contributed by atoms with van der Waals surface area (Å²) >= 11 is 0. The molecule has 4 amide bonds. The maximum atomic E-state index is 12.7. The topological polar surface area (TPSA) is 110 Å². The second-order valence-electron chi connectivity index (χ2n) is 6.86. The quantitative estimate of drug-likeness (QED) is 0.726. The van der Waals surface area contributed by atoms with Crippen LogP contribution in [0.15, 0.2) is 24.3 Å². The van der Waals surface area contributed by atoms with Crippen LogP contribution in [0.5, 0.6) is 0 Å². The Kier molecular flexibility index (Phi) is 5.70. The van der Waals surface area contributed by atoms with Crippen molar-refractivity contribution < 1.29 is 14.4 Å². The molecule has 3 N–H and O–H groups in total. The molecule has 3 rings (SSSR count). The highest BCUT2D eigenvalue weighted by Crippen LogP contribution is 2.17. The number of aromatic nitrogens is 2. The maximum absolute atomic E-state index is 12.7. The number of urea groups is 1. The minimum atomic E-state index is -0.491. The van der Waals surface area contributed by atoms with E-state index >= 15 is 0 Å². The molecule has 9 nitrogen and oxygen atoms in total. The van der Waals surface area contributed by atoms with Crippen LogP contribution in [0.2, 0.25) is 0 Å². The molecule has 9 heteroatoms. The highest BCUT2D eigenvalue weighted by molar-refractivity contribution is 6.04. The first kappa shape index (κ1) is 18.8. The van der Waals surface area contributed by atoms with Gasteiger partial charge in [0.1, 0.15) is 0 Å². The van der Waals surface area contributed by atoms with Crippen molar-refractivity contribution >= 4 is 28.7 Å². The molecular weight excluding hydrogens is 348 g/mol. The zero-order valence-electron chi connectivity index (χ0n) is 15.5. The molecule has 1 saturated heterocycles. The molecule has 0 saturated carbocycles. The molecule has 0 aliphatic carbocycles. The van der Waals surface area contributed by atoms with Crippen LogP contribution in [0, 0.1) is 0 Å². The van der Waals surface area contributed by atoms with Gasteiger partial charge in [0.2, 0.25) is 5.91 Å². The number of carbonyl (C=O) groups excluding carboxylic acids is 3. The Labute approximate surface area is 157 Å². The molecule has 2 heterocycles. The van der Waals surface area contributed by atoms with Gasteiger partial charge in [0, 0.05) is 37.6 Å². The summed E-state index contributed by atoms with van der Waals surface area (Å²) in [6.07, 6.45) is 0. The fraction of sp³-hybridized carbons (Fsp3) is 0.444. The minimum absolute atomic E-state index is 0.0366. The van der Waals surface area contributed by atoms with E-state index in [1.54, 1.807) is 4.90 Å². The lowest BCUT2D eigenvalue weighted by molar-refractivity contribution is -0.121. The van der Waals surface area contributed by atoms with Crippen molar-refractivity contribution in [2.24, 2.45) is 0 Å². The lowest BCUT2D eigenvalue weighted by Gasteiger charge is -2.33. The molecule has 1 aromatic carbocycles. The van der Waals surface area contributed by atoms with Gasteiger partial charge in [0.15, 0.2) is 5.69 Å². The fourth-order valence-corrected chi connectivity index (χ4v) is 3.05. The molecule has 1 fully saturated rings. The summed E-state index contributed by atoms with van der Waals surface area (Å²) in [5.41, 5.74) is 1.25. The second-order valence-corrected chi connectivity index (χ2v) is 6.86. The number of aromatic amines is 1. The summed E-state index contributed by atoms with van der Waals surface area (Å²) in [6, 6.07) is 6.99. The third kappa shape index (κ3) is 4.62. The molecule has 2 aromatic rings. The Balaban J connectivity index is 1.51. The molecule has 1 aliphatic rings. The van der Waals surface area contributed by atoms with Crippen LogP contribution in [-0.4, -0.2) is 76.6 Å². The number of imide groups is 1. The first-order valence-corrected chi connectivity index (χ1v) is 8.99. The summed E-state index contributed by atoms with van der Waals surface area (Å²) < 4.78 is 0. The van der Waals surface area contributed by atoms with E-state index in [1.807, 2.05) is 43.0 Å². The zero-order valence-corrected chi connectivity index (χ0v) is 15.5. The second kappa shape index (κ2) is 8.17. The summed E-state index contributed by atoms with van der Waals surface area (Å²) in [5.74, 6) is -0.473. The van der Waals surface area contributed by atoms with Crippen molar-refractivity contribution in [3.05, 3.63) is 30.0 Å². The smallest absolute Gasteiger partial charge is 0.321 e. The number of nitrogens with one attached hydrogen (secondary N) is 3. The van der Waals surface area contributed by atoms with Crippen molar-refractivity contribution in [3.63, 3.8) is 0 Å². The van der Waals surface area contributed by atoms with Crippen LogP contribution in [0.1, 0.15) is 24.3 Å². The van der Waals surface area contributed by atoms with Crippen molar-refractivity contribution in [2.45, 2.75) is 19.9 Å². The Hall–Kier alpha value is -2.94. The molecule has 1 aromatic heterocycles. The molecule has 0 spiro atoms. The zero-order chi connectivity index (χ0) is 19.4. The number of hydrogen-bond donors (Lipinski definition) is 3. The average Bonchev–Trinajstić information content (AvgIpc) is 3.05. The van der Waals surface area contributed by atoms with Gasteiger partial charge in [-0.2, -0.15) is 5.10 Å². The number of para-hydroxylation sites is 1. The molecule has 0 bridgehead atoms. The Morgan fingerprint density at radius 1 is 1.15 bits per heavy atom. The van der Waals surface area contributed by atoms with Gasteiger partial charge < -0.3 is 10.2 Å². The Bertz CT molecular complexity index is 838. The van der Waals surface area contributed by atoms with Crippen LogP contribution in [0.3, 0.4) is 0 Å². The third-order valence-electron chi connectivity index (χ3n) is 4.37. The number of fused-ring (bicyclic) bond motifs is 1. The normalized spacial score (nSPS) is 15.1. The van der Waals surface area contributed by atoms with Crippen molar-refractivity contribution in [3.8, 4) is 0 Å². The van der Waals surface area contributed by atoms with Crippen LogP contribution in [-0.2, 0) is 4.79 Å². The van der Waals surface area contributed by atoms with Gasteiger partial charge in [-0.25, -0.2) is 4.79 Å². The summed E-state index contributed by atoms with van der Waals surface area (Å²) in [5, 5.41) is 12.8. The number of benzene rings is 1. The van der Waals surface area contributed by atoms with Crippen LogP contribution in [0.25, 0.3) is 10.9 Å². The molecule has 0 atom stereocenters. The number of piperazine rings is 1. The Morgan fingerprint density at radius 2 is 1.85 bits per heavy atom. The number of nitrogens with zero attached hydrogens (tertiary/aromatic N) is 3. The monoisotopic (exact) mass is 372 g/mol. The lowest BCUT2D eigenvalue weighted by Crippen LogP contribution is -2.52. The summed E-state index contributed by atoms with van der Waals surface area (Å²) in [7, 11) is 0. The highest BCUT2D eigenvalue weighted by atomic mass is 16.2. The lowest BCUT2D eigenvalue weighted by atomic mass is 10.2. The number of hydrogen-bond acceptors (Lipinski definition) is 5. The van der Waals surface area contributed by atoms with E-state index in [-0.39, 0.29) is 24.4 Å². The number of amides is 4. The molecular formula is C18H24N6O3. The summed E-state index contributed by atoms with van der Waals surface area (Å²) in [4.78, 5) is 39.9. The predicted octanol–water partition coefficient (Wildman–Crippen LogP) is 0.555. The first-order valence-electron chi connectivity index (χ1n) is 8.99. The van der Waals surface area contributed by atoms with E-state index in [4.69, 9.17) is 0 Å². The van der Waals surface area contributed by atoms with Crippen LogP contribution >= 0.6 is 0 Å². The van der Waals surface area contributed by atoms with Gasteiger partial charge in [-0.3, -0.25) is 24.9 Å². The van der Waals surface area contributed by atoms with E-state index in [0.29, 0.717) is 31.9 Å². The van der Waals surface area contributed by atoms with E-state index in [9.17, 15) is 14.4 Å². The van der Waals surface area contributed by atoms with Gasteiger partial charge in [-0.05, 0) is 19.9 Å². The minimum Gasteiger partial charge on any atom is -0.336 e. The average molecular weight is 372 g/mol. The van der Waals surface area contributed by atoms with E-state index in [2.05, 4.69) is 20.8 Å². The number of carbonyl (C=O) groups is 3. The van der Waals surface area contributed by atoms with Gasteiger partial charge in [-0.15, -0.1) is 0 Å². The standard InChI is InChI=1S/C18H24N6O3/c1-12(2)19-18(27)20-15(25)11-23-7-9-24(10-8-23)17(26)16-13-5-3-4-6-14(13)21-22-16/h3-6,12H,7-11H2,1-2H3,(H,21,22)(H2,19,20,25,27). The van der Waals surface area contributed by atoms with Crippen molar-refractivity contribution in [1.82, 2.24) is 30.6 Å². The number of H-pyrrole nitrogens is 1. The van der Waals surface area contributed by atoms with Crippen LogP contribution in [0.4, 0.5) is 4.79 Å². The van der Waals surface area contributed by atoms with Crippen LogP contribution < -0.4 is 10.6 Å². The molecule has 144 valence electrons. The Morgan fingerprint density at radius 3 is 2.56 bits per heavy atom. The van der Waals surface area contributed by atoms with E-state index in [0.717, 1.165) is 10.9 Å². The molecule has 1 aliphatic heterocycles. The largest absolute Gasteiger partial charge is 0.336 e. The number of rotatable bonds is 4.